The summed E-state index contributed by atoms with van der Waals surface area (Å²) in [4.78, 5) is 26.5. The van der Waals surface area contributed by atoms with Gasteiger partial charge in [0.15, 0.2) is 6.29 Å². The minimum absolute atomic E-state index is 0.364. The molecule has 0 aliphatic heterocycles. The van der Waals surface area contributed by atoms with Crippen molar-refractivity contribution in [1.82, 2.24) is 4.98 Å². The van der Waals surface area contributed by atoms with Gasteiger partial charge in [-0.05, 0) is 51.1 Å². The highest BCUT2D eigenvalue weighted by molar-refractivity contribution is 5.85. The molecule has 0 saturated carbocycles. The molecule has 0 saturated heterocycles. The third-order valence-corrected chi connectivity index (χ3v) is 2.66. The largest absolute Gasteiger partial charge is 0.457 e. The van der Waals surface area contributed by atoms with E-state index in [9.17, 15) is 9.59 Å². The Morgan fingerprint density at radius 1 is 1.12 bits per heavy atom. The zero-order valence-electron chi connectivity index (χ0n) is 15.2. The third-order valence-electron chi connectivity index (χ3n) is 2.66. The number of hydrogen-bond acceptors (Lipinski definition) is 5. The number of hydrogen-bond donors (Lipinski definition) is 1. The number of carbonyl (C=O) groups excluding carboxylic acids is 2. The molecule has 1 heterocycles. The number of rotatable bonds is 4. The van der Waals surface area contributed by atoms with Crippen LogP contribution in [0.4, 0.5) is 10.5 Å². The Labute approximate surface area is 148 Å². The van der Waals surface area contributed by atoms with Crippen LogP contribution >= 0.6 is 0 Å². The minimum Gasteiger partial charge on any atom is -0.457 e. The number of nitrogens with zero attached hydrogens (tertiary/aromatic N) is 1. The summed E-state index contributed by atoms with van der Waals surface area (Å²) in [5.74, 6) is 0.955. The molecule has 0 spiro atoms. The topological polar surface area (TPSA) is 77.5 Å². The van der Waals surface area contributed by atoms with Crippen LogP contribution in [-0.2, 0) is 4.74 Å². The first-order valence-corrected chi connectivity index (χ1v) is 8.04. The van der Waals surface area contributed by atoms with Crippen molar-refractivity contribution in [3.05, 3.63) is 48.3 Å². The average Bonchev–Trinajstić information content (AvgIpc) is 2.57. The first-order chi connectivity index (χ1) is 11.9. The number of aldehydes is 1. The Bertz CT molecular complexity index is 691. The number of nitrogens with one attached hydrogen (secondary N) is 1. The zero-order chi connectivity index (χ0) is 18.9. The fraction of sp³-hybridized carbons (Fsp3) is 0.316. The van der Waals surface area contributed by atoms with E-state index in [1.807, 2.05) is 13.8 Å². The van der Waals surface area contributed by atoms with E-state index in [0.717, 1.165) is 0 Å². The maximum absolute atomic E-state index is 11.7. The van der Waals surface area contributed by atoms with Crippen LogP contribution in [0.3, 0.4) is 0 Å². The van der Waals surface area contributed by atoms with Gasteiger partial charge in [0, 0.05) is 18.1 Å². The Morgan fingerprint density at radius 2 is 1.76 bits per heavy atom. The molecular weight excluding hydrogens is 320 g/mol. The van der Waals surface area contributed by atoms with Gasteiger partial charge in [0.1, 0.15) is 17.1 Å². The quantitative estimate of drug-likeness (QED) is 0.784. The number of amides is 1. The highest BCUT2D eigenvalue weighted by atomic mass is 16.6. The van der Waals surface area contributed by atoms with Crippen molar-refractivity contribution in [3.8, 4) is 11.5 Å². The van der Waals surface area contributed by atoms with E-state index in [-0.39, 0.29) is 0 Å². The molecule has 134 valence electrons. The summed E-state index contributed by atoms with van der Waals surface area (Å²) in [6.45, 7) is 9.38. The standard InChI is InChI=1S/C17H18N2O4.C2H6/c1-17(2,3)23-16(21)19-13-4-6-14(7-5-13)22-15-8-9-18-10-12(15)11-20;1-2/h4-11H,1-3H3,(H,19,21);1-2H3. The van der Waals surface area contributed by atoms with E-state index >= 15 is 0 Å². The van der Waals surface area contributed by atoms with E-state index < -0.39 is 11.7 Å². The summed E-state index contributed by atoms with van der Waals surface area (Å²) in [5.41, 5.74) is 0.389. The van der Waals surface area contributed by atoms with Crippen LogP contribution in [0.15, 0.2) is 42.7 Å². The Hall–Kier alpha value is -2.89. The molecule has 6 heteroatoms. The lowest BCUT2D eigenvalue weighted by atomic mass is 10.2. The fourth-order valence-corrected chi connectivity index (χ4v) is 1.73. The maximum Gasteiger partial charge on any atom is 0.412 e. The number of pyridine rings is 1. The van der Waals surface area contributed by atoms with Crippen LogP contribution in [0, 0.1) is 0 Å². The lowest BCUT2D eigenvalue weighted by Gasteiger charge is -2.19. The van der Waals surface area contributed by atoms with E-state index in [0.29, 0.717) is 29.0 Å². The van der Waals surface area contributed by atoms with Crippen molar-refractivity contribution in [2.24, 2.45) is 0 Å². The van der Waals surface area contributed by atoms with Crippen LogP contribution < -0.4 is 10.1 Å². The molecule has 1 aromatic heterocycles. The van der Waals surface area contributed by atoms with Crippen molar-refractivity contribution in [1.29, 1.82) is 0 Å². The smallest absolute Gasteiger partial charge is 0.412 e. The molecule has 0 fully saturated rings. The van der Waals surface area contributed by atoms with Crippen LogP contribution in [0.5, 0.6) is 11.5 Å². The molecule has 0 bridgehead atoms. The van der Waals surface area contributed by atoms with Crippen molar-refractivity contribution < 1.29 is 19.1 Å². The van der Waals surface area contributed by atoms with Gasteiger partial charge >= 0.3 is 6.09 Å². The molecule has 6 nitrogen and oxygen atoms in total. The SMILES string of the molecule is CC.CC(C)(C)OC(=O)Nc1ccc(Oc2ccncc2C=O)cc1. The molecule has 1 N–H and O–H groups in total. The third kappa shape index (κ3) is 7.03. The van der Waals surface area contributed by atoms with Gasteiger partial charge in [-0.15, -0.1) is 0 Å². The first-order valence-electron chi connectivity index (χ1n) is 8.04. The summed E-state index contributed by atoms with van der Waals surface area (Å²) in [5, 5.41) is 2.63. The van der Waals surface area contributed by atoms with Gasteiger partial charge < -0.3 is 9.47 Å². The van der Waals surface area contributed by atoms with Gasteiger partial charge in [-0.25, -0.2) is 4.79 Å². The van der Waals surface area contributed by atoms with Crippen molar-refractivity contribution in [3.63, 3.8) is 0 Å². The number of aromatic nitrogens is 1. The number of anilines is 1. The summed E-state index contributed by atoms with van der Waals surface area (Å²) in [6.07, 6.45) is 3.13. The molecule has 1 aromatic carbocycles. The van der Waals surface area contributed by atoms with E-state index in [2.05, 4.69) is 10.3 Å². The molecule has 0 atom stereocenters. The molecule has 0 unspecified atom stereocenters. The molecule has 0 radical (unpaired) electrons. The van der Waals surface area contributed by atoms with Gasteiger partial charge in [0.05, 0.1) is 5.56 Å². The van der Waals surface area contributed by atoms with E-state index in [4.69, 9.17) is 9.47 Å². The lowest BCUT2D eigenvalue weighted by Crippen LogP contribution is -2.27. The van der Waals surface area contributed by atoms with Crippen LogP contribution in [0.2, 0.25) is 0 Å². The number of carbonyl (C=O) groups is 2. The molecule has 2 rings (SSSR count). The molecule has 25 heavy (non-hydrogen) atoms. The van der Waals surface area contributed by atoms with Gasteiger partial charge in [0.2, 0.25) is 0 Å². The normalized spacial score (nSPS) is 10.1. The van der Waals surface area contributed by atoms with Gasteiger partial charge in [0.25, 0.3) is 0 Å². The molecular formula is C19H24N2O4. The monoisotopic (exact) mass is 344 g/mol. The van der Waals surface area contributed by atoms with E-state index in [1.165, 1.54) is 6.20 Å². The summed E-state index contributed by atoms with van der Waals surface area (Å²) >= 11 is 0. The Morgan fingerprint density at radius 3 is 2.32 bits per heavy atom. The summed E-state index contributed by atoms with van der Waals surface area (Å²) in [7, 11) is 0. The lowest BCUT2D eigenvalue weighted by molar-refractivity contribution is 0.0635. The zero-order valence-corrected chi connectivity index (χ0v) is 15.2. The molecule has 0 aliphatic rings. The number of benzene rings is 1. The second-order valence-corrected chi connectivity index (χ2v) is 5.78. The van der Waals surface area contributed by atoms with Crippen molar-refractivity contribution in [2.75, 3.05) is 5.32 Å². The van der Waals surface area contributed by atoms with Gasteiger partial charge in [-0.2, -0.15) is 0 Å². The highest BCUT2D eigenvalue weighted by Gasteiger charge is 2.16. The summed E-state index contributed by atoms with van der Waals surface area (Å²) < 4.78 is 10.8. The molecule has 1 amide bonds. The first kappa shape index (κ1) is 20.2. The van der Waals surface area contributed by atoms with E-state index in [1.54, 1.807) is 57.3 Å². The average molecular weight is 344 g/mol. The van der Waals surface area contributed by atoms with Gasteiger partial charge in [-0.1, -0.05) is 13.8 Å². The fourth-order valence-electron chi connectivity index (χ4n) is 1.73. The summed E-state index contributed by atoms with van der Waals surface area (Å²) in [6, 6.07) is 8.34. The maximum atomic E-state index is 11.7. The predicted molar refractivity (Wildman–Crippen MR) is 97.3 cm³/mol. The number of ether oxygens (including phenoxy) is 2. The molecule has 2 aromatic rings. The van der Waals surface area contributed by atoms with Crippen LogP contribution in [0.1, 0.15) is 45.0 Å². The second-order valence-electron chi connectivity index (χ2n) is 5.78. The highest BCUT2D eigenvalue weighted by Crippen LogP contribution is 2.25. The second kappa shape index (κ2) is 9.42. The molecule has 0 aliphatic carbocycles. The minimum atomic E-state index is -0.556. The van der Waals surface area contributed by atoms with Crippen molar-refractivity contribution >= 4 is 18.1 Å². The van der Waals surface area contributed by atoms with Crippen molar-refractivity contribution in [2.45, 2.75) is 40.2 Å². The Kier molecular flexibility index (Phi) is 7.59. The van der Waals surface area contributed by atoms with Crippen LogP contribution in [-0.4, -0.2) is 23.0 Å². The Balaban J connectivity index is 0.00000151. The predicted octanol–water partition coefficient (Wildman–Crippen LogP) is 5.06. The van der Waals surface area contributed by atoms with Crippen LogP contribution in [0.25, 0.3) is 0 Å². The van der Waals surface area contributed by atoms with Gasteiger partial charge in [-0.3, -0.25) is 15.1 Å².